The minimum absolute atomic E-state index is 0.213. The molecule has 0 spiro atoms. The van der Waals surface area contributed by atoms with Crippen LogP contribution in [0.1, 0.15) is 6.42 Å². The first kappa shape index (κ1) is 16.9. The predicted octanol–water partition coefficient (Wildman–Crippen LogP) is -0.495. The highest BCUT2D eigenvalue weighted by Gasteiger charge is 2.23. The zero-order valence-corrected chi connectivity index (χ0v) is 10.7. The topological polar surface area (TPSA) is 114 Å². The molecule has 3 N–H and O–H groups in total. The molecule has 0 unspecified atom stereocenters. The number of amides is 2. The minimum Gasteiger partial charge on any atom is -0.480 e. The number of nitrogens with one attached hydrogen (secondary N) is 2. The highest BCUT2D eigenvalue weighted by atomic mass is 16.5. The summed E-state index contributed by atoms with van der Waals surface area (Å²) in [5.41, 5.74) is 0. The molecule has 8 heteroatoms. The number of esters is 1. The van der Waals surface area contributed by atoms with Gasteiger partial charge in [0, 0.05) is 6.54 Å². The minimum atomic E-state index is -1.33. The van der Waals surface area contributed by atoms with Gasteiger partial charge in [0.1, 0.15) is 6.04 Å². The Hall–Kier alpha value is -2.09. The number of carboxylic acids is 1. The maximum atomic E-state index is 11.3. The monoisotopic (exact) mass is 274 g/mol. The van der Waals surface area contributed by atoms with E-state index in [2.05, 4.69) is 21.9 Å². The van der Waals surface area contributed by atoms with E-state index in [1.807, 2.05) is 0 Å². The number of carboxylic acid groups (broad SMARTS) is 1. The van der Waals surface area contributed by atoms with Crippen molar-refractivity contribution in [1.29, 1.82) is 0 Å². The largest absolute Gasteiger partial charge is 0.480 e. The fourth-order valence-corrected chi connectivity index (χ4v) is 1.06. The van der Waals surface area contributed by atoms with Crippen molar-refractivity contribution < 1.29 is 29.0 Å². The number of methoxy groups -OCH3 is 1. The second-order valence-electron chi connectivity index (χ2n) is 3.43. The second kappa shape index (κ2) is 9.89. The smallest absolute Gasteiger partial charge is 0.326 e. The average molecular weight is 274 g/mol. The van der Waals surface area contributed by atoms with Crippen LogP contribution in [0.25, 0.3) is 0 Å². The molecule has 0 rings (SSSR count). The van der Waals surface area contributed by atoms with E-state index in [0.717, 1.165) is 7.11 Å². The van der Waals surface area contributed by atoms with Crippen LogP contribution in [0.3, 0.4) is 0 Å². The average Bonchev–Trinajstić information content (AvgIpc) is 2.37. The molecule has 0 saturated heterocycles. The van der Waals surface area contributed by atoms with Gasteiger partial charge < -0.3 is 25.2 Å². The summed E-state index contributed by atoms with van der Waals surface area (Å²) in [4.78, 5) is 33.1. The summed E-state index contributed by atoms with van der Waals surface area (Å²) in [6.45, 7) is 4.30. The van der Waals surface area contributed by atoms with Crippen LogP contribution in [0.4, 0.5) is 4.79 Å². The van der Waals surface area contributed by atoms with E-state index in [1.165, 1.54) is 0 Å². The zero-order valence-electron chi connectivity index (χ0n) is 10.7. The number of ether oxygens (including phenoxy) is 2. The van der Waals surface area contributed by atoms with Gasteiger partial charge in [-0.1, -0.05) is 6.08 Å². The summed E-state index contributed by atoms with van der Waals surface area (Å²) in [7, 11) is 1.14. The van der Waals surface area contributed by atoms with E-state index in [-0.39, 0.29) is 13.2 Å². The SMILES string of the molecule is C=CCOCCNC(=O)N[C@@H](CC(=O)OC)C(=O)O. The van der Waals surface area contributed by atoms with Gasteiger partial charge in [0.2, 0.25) is 0 Å². The van der Waals surface area contributed by atoms with Crippen LogP contribution in [0.5, 0.6) is 0 Å². The van der Waals surface area contributed by atoms with Crippen LogP contribution in [-0.4, -0.2) is 56.0 Å². The molecule has 1 atom stereocenters. The molecule has 0 aliphatic rings. The first-order valence-electron chi connectivity index (χ1n) is 5.53. The molecule has 0 bridgehead atoms. The quantitative estimate of drug-likeness (QED) is 0.297. The molecule has 0 aliphatic carbocycles. The van der Waals surface area contributed by atoms with Crippen LogP contribution in [0, 0.1) is 0 Å². The van der Waals surface area contributed by atoms with Crippen molar-refractivity contribution >= 4 is 18.0 Å². The van der Waals surface area contributed by atoms with Crippen LogP contribution < -0.4 is 10.6 Å². The summed E-state index contributed by atoms with van der Waals surface area (Å²) in [6, 6.07) is -2.03. The predicted molar refractivity (Wildman–Crippen MR) is 65.6 cm³/mol. The molecule has 0 saturated carbocycles. The van der Waals surface area contributed by atoms with Gasteiger partial charge in [0.05, 0.1) is 26.7 Å². The molecule has 19 heavy (non-hydrogen) atoms. The Kier molecular flexibility index (Phi) is 8.80. The molecule has 0 aromatic rings. The fourth-order valence-electron chi connectivity index (χ4n) is 1.06. The fraction of sp³-hybridized carbons (Fsp3) is 0.545. The lowest BCUT2D eigenvalue weighted by Crippen LogP contribution is -2.47. The molecule has 2 amide bonds. The molecule has 0 aromatic heterocycles. The number of hydrogen-bond acceptors (Lipinski definition) is 5. The third-order valence-electron chi connectivity index (χ3n) is 1.97. The molecule has 8 nitrogen and oxygen atoms in total. The number of carbonyl (C=O) groups excluding carboxylic acids is 2. The molecule has 0 fully saturated rings. The van der Waals surface area contributed by atoms with Crippen molar-refractivity contribution in [3.63, 3.8) is 0 Å². The van der Waals surface area contributed by atoms with Gasteiger partial charge in [-0.25, -0.2) is 9.59 Å². The molecular weight excluding hydrogens is 256 g/mol. The molecule has 0 aliphatic heterocycles. The Balaban J connectivity index is 4.00. The van der Waals surface area contributed by atoms with E-state index in [0.29, 0.717) is 6.61 Å². The van der Waals surface area contributed by atoms with Gasteiger partial charge in [-0.3, -0.25) is 4.79 Å². The van der Waals surface area contributed by atoms with Gasteiger partial charge in [0.25, 0.3) is 0 Å². The molecule has 0 heterocycles. The van der Waals surface area contributed by atoms with E-state index in [4.69, 9.17) is 9.84 Å². The van der Waals surface area contributed by atoms with Crippen molar-refractivity contribution in [2.24, 2.45) is 0 Å². The summed E-state index contributed by atoms with van der Waals surface area (Å²) in [5.74, 6) is -2.04. The summed E-state index contributed by atoms with van der Waals surface area (Å²) in [6.07, 6.45) is 1.13. The number of carbonyl (C=O) groups is 3. The van der Waals surface area contributed by atoms with Crippen LogP contribution >= 0.6 is 0 Å². The molecule has 108 valence electrons. The van der Waals surface area contributed by atoms with Crippen molar-refractivity contribution in [3.05, 3.63) is 12.7 Å². The molecule has 0 radical (unpaired) electrons. The number of urea groups is 1. The highest BCUT2D eigenvalue weighted by Crippen LogP contribution is 1.94. The highest BCUT2D eigenvalue weighted by molar-refractivity contribution is 5.86. The third-order valence-corrected chi connectivity index (χ3v) is 1.97. The lowest BCUT2D eigenvalue weighted by molar-refractivity contribution is -0.147. The normalized spacial score (nSPS) is 11.2. The Morgan fingerprint density at radius 1 is 1.42 bits per heavy atom. The van der Waals surface area contributed by atoms with Crippen LogP contribution in [0.15, 0.2) is 12.7 Å². The van der Waals surface area contributed by atoms with Crippen molar-refractivity contribution in [2.45, 2.75) is 12.5 Å². The maximum Gasteiger partial charge on any atom is 0.326 e. The van der Waals surface area contributed by atoms with Crippen molar-refractivity contribution in [1.82, 2.24) is 10.6 Å². The Morgan fingerprint density at radius 3 is 2.63 bits per heavy atom. The first-order chi connectivity index (χ1) is 9.01. The Bertz CT molecular complexity index is 331. The number of rotatable bonds is 9. The van der Waals surface area contributed by atoms with E-state index >= 15 is 0 Å². The van der Waals surface area contributed by atoms with E-state index in [1.54, 1.807) is 6.08 Å². The summed E-state index contributed by atoms with van der Waals surface area (Å²) in [5, 5.41) is 13.4. The first-order valence-corrected chi connectivity index (χ1v) is 5.53. The standard InChI is InChI=1S/C11H18N2O6/c1-3-5-19-6-4-12-11(17)13-8(10(15)16)7-9(14)18-2/h3,8H,1,4-7H2,2H3,(H,15,16)(H2,12,13,17)/t8-/m0/s1. The van der Waals surface area contributed by atoms with Gasteiger partial charge in [-0.2, -0.15) is 0 Å². The van der Waals surface area contributed by atoms with Crippen LogP contribution in [-0.2, 0) is 19.1 Å². The van der Waals surface area contributed by atoms with E-state index < -0.39 is 30.4 Å². The van der Waals surface area contributed by atoms with E-state index in [9.17, 15) is 14.4 Å². The zero-order chi connectivity index (χ0) is 14.7. The number of aliphatic carboxylic acids is 1. The number of hydrogen-bond donors (Lipinski definition) is 3. The van der Waals surface area contributed by atoms with Gasteiger partial charge in [-0.05, 0) is 0 Å². The van der Waals surface area contributed by atoms with Crippen molar-refractivity contribution in [3.8, 4) is 0 Å². The van der Waals surface area contributed by atoms with Gasteiger partial charge in [0.15, 0.2) is 0 Å². The van der Waals surface area contributed by atoms with Crippen molar-refractivity contribution in [2.75, 3.05) is 26.9 Å². The molecular formula is C11H18N2O6. The van der Waals surface area contributed by atoms with Gasteiger partial charge in [-0.15, -0.1) is 6.58 Å². The third kappa shape index (κ3) is 8.61. The Morgan fingerprint density at radius 2 is 2.11 bits per heavy atom. The lowest BCUT2D eigenvalue weighted by Gasteiger charge is -2.14. The summed E-state index contributed by atoms with van der Waals surface area (Å²) >= 11 is 0. The Labute approximate surface area is 110 Å². The van der Waals surface area contributed by atoms with Crippen LogP contribution in [0.2, 0.25) is 0 Å². The molecule has 0 aromatic carbocycles. The second-order valence-corrected chi connectivity index (χ2v) is 3.43. The maximum absolute atomic E-state index is 11.3. The lowest BCUT2D eigenvalue weighted by atomic mass is 10.2. The van der Waals surface area contributed by atoms with Gasteiger partial charge >= 0.3 is 18.0 Å². The summed E-state index contributed by atoms with van der Waals surface area (Å²) < 4.78 is 9.35.